The Morgan fingerprint density at radius 2 is 1.88 bits per heavy atom. The highest BCUT2D eigenvalue weighted by molar-refractivity contribution is 5.39. The van der Waals surface area contributed by atoms with Gasteiger partial charge < -0.3 is 5.73 Å². The Morgan fingerprint density at radius 1 is 1.06 bits per heavy atom. The van der Waals surface area contributed by atoms with E-state index in [2.05, 4.69) is 18.2 Å². The van der Waals surface area contributed by atoms with Crippen molar-refractivity contribution in [2.75, 3.05) is 6.54 Å². The van der Waals surface area contributed by atoms with Gasteiger partial charge in [0.2, 0.25) is 0 Å². The molecule has 1 aromatic carbocycles. The summed E-state index contributed by atoms with van der Waals surface area (Å²) in [5.74, 6) is 0. The van der Waals surface area contributed by atoms with Gasteiger partial charge in [-0.05, 0) is 67.2 Å². The number of rotatable bonds is 3. The summed E-state index contributed by atoms with van der Waals surface area (Å²) in [6.45, 7) is 0.830. The van der Waals surface area contributed by atoms with Crippen LogP contribution in [0.2, 0.25) is 0 Å². The molecule has 2 aliphatic carbocycles. The van der Waals surface area contributed by atoms with E-state index in [1.807, 2.05) is 0 Å². The van der Waals surface area contributed by atoms with Gasteiger partial charge in [0.15, 0.2) is 0 Å². The van der Waals surface area contributed by atoms with E-state index in [1.54, 1.807) is 16.7 Å². The summed E-state index contributed by atoms with van der Waals surface area (Å²) in [6, 6.07) is 7.23. The van der Waals surface area contributed by atoms with Crippen LogP contribution in [-0.2, 0) is 18.3 Å². The zero-order valence-electron chi connectivity index (χ0n) is 9.97. The molecule has 1 fully saturated rings. The highest BCUT2D eigenvalue weighted by atomic mass is 14.6. The van der Waals surface area contributed by atoms with Crippen LogP contribution < -0.4 is 5.73 Å². The summed E-state index contributed by atoms with van der Waals surface area (Å²) in [5, 5.41) is 0. The standard InChI is InChI=1S/C15H21N/c16-10-9-15(7-2-8-15)14-6-5-12-3-1-4-13(12)11-14/h5-6,11H,1-4,7-10,16H2. The van der Waals surface area contributed by atoms with Crippen molar-refractivity contribution >= 4 is 0 Å². The number of hydrogen-bond donors (Lipinski definition) is 1. The van der Waals surface area contributed by atoms with Gasteiger partial charge in [0.1, 0.15) is 0 Å². The Bertz CT molecular complexity index is 390. The van der Waals surface area contributed by atoms with Crippen molar-refractivity contribution in [3.8, 4) is 0 Å². The monoisotopic (exact) mass is 215 g/mol. The molecule has 0 aliphatic heterocycles. The van der Waals surface area contributed by atoms with Crippen molar-refractivity contribution in [2.45, 2.75) is 50.4 Å². The fourth-order valence-corrected chi connectivity index (χ4v) is 3.46. The van der Waals surface area contributed by atoms with Gasteiger partial charge in [-0.2, -0.15) is 0 Å². The third kappa shape index (κ3) is 1.49. The maximum absolute atomic E-state index is 5.77. The summed E-state index contributed by atoms with van der Waals surface area (Å²) in [4.78, 5) is 0. The summed E-state index contributed by atoms with van der Waals surface area (Å²) in [6.07, 6.45) is 9.19. The Kier molecular flexibility index (Phi) is 2.51. The molecule has 2 aliphatic rings. The predicted molar refractivity (Wildman–Crippen MR) is 67.7 cm³/mol. The molecular weight excluding hydrogens is 194 g/mol. The van der Waals surface area contributed by atoms with Gasteiger partial charge in [-0.15, -0.1) is 0 Å². The first-order valence-corrected chi connectivity index (χ1v) is 6.66. The molecule has 0 aromatic heterocycles. The van der Waals surface area contributed by atoms with Crippen LogP contribution in [0.5, 0.6) is 0 Å². The molecule has 3 rings (SSSR count). The van der Waals surface area contributed by atoms with Crippen molar-refractivity contribution in [1.29, 1.82) is 0 Å². The van der Waals surface area contributed by atoms with Crippen molar-refractivity contribution in [3.05, 3.63) is 34.9 Å². The van der Waals surface area contributed by atoms with E-state index in [0.717, 1.165) is 6.54 Å². The van der Waals surface area contributed by atoms with Gasteiger partial charge in [-0.25, -0.2) is 0 Å². The minimum absolute atomic E-state index is 0.451. The second kappa shape index (κ2) is 3.89. The largest absolute Gasteiger partial charge is 0.330 e. The SMILES string of the molecule is NCCC1(c2ccc3c(c2)CCC3)CCC1. The van der Waals surface area contributed by atoms with E-state index in [9.17, 15) is 0 Å². The van der Waals surface area contributed by atoms with Crippen molar-refractivity contribution in [2.24, 2.45) is 5.73 Å². The summed E-state index contributed by atoms with van der Waals surface area (Å²) >= 11 is 0. The number of aryl methyl sites for hydroxylation is 2. The van der Waals surface area contributed by atoms with Crippen LogP contribution in [-0.4, -0.2) is 6.54 Å². The Balaban J connectivity index is 1.93. The topological polar surface area (TPSA) is 26.0 Å². The third-order valence-corrected chi connectivity index (χ3v) is 4.64. The maximum Gasteiger partial charge on any atom is -0.00349 e. The van der Waals surface area contributed by atoms with Crippen LogP contribution >= 0.6 is 0 Å². The fraction of sp³-hybridized carbons (Fsp3) is 0.600. The molecule has 1 nitrogen and oxygen atoms in total. The molecule has 0 saturated heterocycles. The van der Waals surface area contributed by atoms with E-state index in [4.69, 9.17) is 5.73 Å². The minimum atomic E-state index is 0.451. The van der Waals surface area contributed by atoms with Crippen LogP contribution in [0.4, 0.5) is 0 Å². The summed E-state index contributed by atoms with van der Waals surface area (Å²) in [5.41, 5.74) is 11.0. The van der Waals surface area contributed by atoms with Crippen LogP contribution in [0, 0.1) is 0 Å². The molecule has 0 unspecified atom stereocenters. The van der Waals surface area contributed by atoms with Crippen molar-refractivity contribution < 1.29 is 0 Å². The average molecular weight is 215 g/mol. The first-order chi connectivity index (χ1) is 7.84. The Morgan fingerprint density at radius 3 is 2.56 bits per heavy atom. The van der Waals surface area contributed by atoms with Gasteiger partial charge in [-0.3, -0.25) is 0 Å². The lowest BCUT2D eigenvalue weighted by Gasteiger charge is -2.42. The lowest BCUT2D eigenvalue weighted by Crippen LogP contribution is -2.36. The second-order valence-corrected chi connectivity index (χ2v) is 5.51. The van der Waals surface area contributed by atoms with E-state index in [0.29, 0.717) is 5.41 Å². The van der Waals surface area contributed by atoms with Gasteiger partial charge in [-0.1, -0.05) is 24.6 Å². The third-order valence-electron chi connectivity index (χ3n) is 4.64. The fourth-order valence-electron chi connectivity index (χ4n) is 3.46. The first kappa shape index (κ1) is 10.3. The molecule has 0 spiro atoms. The summed E-state index contributed by atoms with van der Waals surface area (Å²) in [7, 11) is 0. The highest BCUT2D eigenvalue weighted by Crippen LogP contribution is 2.46. The zero-order chi connectivity index (χ0) is 11.0. The quantitative estimate of drug-likeness (QED) is 0.824. The Hall–Kier alpha value is -0.820. The number of hydrogen-bond acceptors (Lipinski definition) is 1. The first-order valence-electron chi connectivity index (χ1n) is 6.66. The van der Waals surface area contributed by atoms with Gasteiger partial charge >= 0.3 is 0 Å². The van der Waals surface area contributed by atoms with Gasteiger partial charge in [0, 0.05) is 0 Å². The number of benzene rings is 1. The van der Waals surface area contributed by atoms with Crippen LogP contribution in [0.15, 0.2) is 18.2 Å². The molecule has 0 radical (unpaired) electrons. The molecule has 1 aromatic rings. The van der Waals surface area contributed by atoms with Crippen molar-refractivity contribution in [3.63, 3.8) is 0 Å². The smallest absolute Gasteiger partial charge is 0.00349 e. The molecule has 2 N–H and O–H groups in total. The van der Waals surface area contributed by atoms with Crippen LogP contribution in [0.3, 0.4) is 0 Å². The van der Waals surface area contributed by atoms with Gasteiger partial charge in [0.25, 0.3) is 0 Å². The lowest BCUT2D eigenvalue weighted by atomic mass is 9.62. The molecule has 0 bridgehead atoms. The number of nitrogens with two attached hydrogens (primary N) is 1. The van der Waals surface area contributed by atoms with E-state index in [-0.39, 0.29) is 0 Å². The average Bonchev–Trinajstić information content (AvgIpc) is 2.70. The molecule has 0 heterocycles. The highest BCUT2D eigenvalue weighted by Gasteiger charge is 2.38. The molecule has 1 saturated carbocycles. The lowest BCUT2D eigenvalue weighted by molar-refractivity contribution is 0.229. The molecule has 86 valence electrons. The van der Waals surface area contributed by atoms with Crippen LogP contribution in [0.1, 0.15) is 48.8 Å². The zero-order valence-corrected chi connectivity index (χ0v) is 9.97. The van der Waals surface area contributed by atoms with E-state index >= 15 is 0 Å². The number of fused-ring (bicyclic) bond motifs is 1. The molecule has 0 atom stereocenters. The molecule has 0 amide bonds. The van der Waals surface area contributed by atoms with Gasteiger partial charge in [0.05, 0.1) is 0 Å². The minimum Gasteiger partial charge on any atom is -0.330 e. The summed E-state index contributed by atoms with van der Waals surface area (Å²) < 4.78 is 0. The predicted octanol–water partition coefficient (Wildman–Crippen LogP) is 2.95. The van der Waals surface area contributed by atoms with Crippen LogP contribution in [0.25, 0.3) is 0 Å². The van der Waals surface area contributed by atoms with Crippen molar-refractivity contribution in [1.82, 2.24) is 0 Å². The molecule has 16 heavy (non-hydrogen) atoms. The normalized spacial score (nSPS) is 21.6. The molecule has 1 heteroatoms. The van der Waals surface area contributed by atoms with E-state index < -0.39 is 0 Å². The molecular formula is C15H21N. The van der Waals surface area contributed by atoms with E-state index in [1.165, 1.54) is 44.9 Å². The second-order valence-electron chi connectivity index (χ2n) is 5.51. The maximum atomic E-state index is 5.77. The Labute approximate surface area is 98.0 Å².